The molecule has 0 aliphatic carbocycles. The summed E-state index contributed by atoms with van der Waals surface area (Å²) in [4.78, 5) is 32.0. The van der Waals surface area contributed by atoms with E-state index < -0.39 is 5.97 Å². The lowest BCUT2D eigenvalue weighted by atomic mass is 10.1. The molecular weight excluding hydrogens is 346 g/mol. The molecule has 0 spiro atoms. The molecule has 1 aliphatic rings. The largest absolute Gasteiger partial charge is 0.480 e. The van der Waals surface area contributed by atoms with Crippen molar-refractivity contribution in [3.05, 3.63) is 41.8 Å². The molecule has 1 fully saturated rings. The van der Waals surface area contributed by atoms with Crippen molar-refractivity contribution in [1.29, 1.82) is 0 Å². The van der Waals surface area contributed by atoms with Crippen molar-refractivity contribution in [2.75, 3.05) is 26.7 Å². The van der Waals surface area contributed by atoms with Crippen LogP contribution in [-0.4, -0.2) is 64.5 Å². The predicted molar refractivity (Wildman–Crippen MR) is 100 cm³/mol. The van der Waals surface area contributed by atoms with Crippen LogP contribution in [0.15, 0.2) is 34.7 Å². The fraction of sp³-hybridized carbons (Fsp3) is 0.450. The number of carbonyl (C=O) groups excluding carboxylic acids is 1. The summed E-state index contributed by atoms with van der Waals surface area (Å²) < 4.78 is 5.71. The van der Waals surface area contributed by atoms with Gasteiger partial charge in [0.1, 0.15) is 5.76 Å². The molecule has 0 saturated carbocycles. The third-order valence-corrected chi connectivity index (χ3v) is 5.01. The van der Waals surface area contributed by atoms with Gasteiger partial charge in [0.15, 0.2) is 5.69 Å². The third-order valence-electron chi connectivity index (χ3n) is 5.01. The molecule has 27 heavy (non-hydrogen) atoms. The maximum absolute atomic E-state index is 13.0. The van der Waals surface area contributed by atoms with E-state index in [4.69, 9.17) is 9.52 Å². The molecular formula is C20H25N3O4. The lowest BCUT2D eigenvalue weighted by Gasteiger charge is -2.25. The van der Waals surface area contributed by atoms with Crippen LogP contribution in [0.25, 0.3) is 11.5 Å². The highest BCUT2D eigenvalue weighted by atomic mass is 16.4. The monoisotopic (exact) mass is 371 g/mol. The highest BCUT2D eigenvalue weighted by Crippen LogP contribution is 2.24. The SMILES string of the molecule is Cc1oc(-c2ccccc2)nc1C(=O)N1CCCC(N(C)CC(=O)O)CC1. The first-order valence-corrected chi connectivity index (χ1v) is 9.20. The van der Waals surface area contributed by atoms with Gasteiger partial charge in [0.25, 0.3) is 5.91 Å². The van der Waals surface area contributed by atoms with E-state index in [0.717, 1.165) is 24.8 Å². The van der Waals surface area contributed by atoms with Gasteiger partial charge >= 0.3 is 5.97 Å². The van der Waals surface area contributed by atoms with Gasteiger partial charge in [-0.3, -0.25) is 14.5 Å². The third kappa shape index (κ3) is 4.54. The Hall–Kier alpha value is -2.67. The van der Waals surface area contributed by atoms with Crippen LogP contribution in [0.3, 0.4) is 0 Å². The number of aromatic nitrogens is 1. The fourth-order valence-corrected chi connectivity index (χ4v) is 3.51. The Labute approximate surface area is 158 Å². The summed E-state index contributed by atoms with van der Waals surface area (Å²) in [5.41, 5.74) is 1.19. The van der Waals surface area contributed by atoms with Crippen molar-refractivity contribution in [3.63, 3.8) is 0 Å². The Balaban J connectivity index is 1.69. The van der Waals surface area contributed by atoms with Gasteiger partial charge in [0.05, 0.1) is 6.54 Å². The van der Waals surface area contributed by atoms with Gasteiger partial charge in [-0.2, -0.15) is 0 Å². The molecule has 1 unspecified atom stereocenters. The standard InChI is InChI=1S/C20H25N3O4/c1-14-18(21-19(27-14)15-7-4-3-5-8-15)20(26)23-11-6-9-16(10-12-23)22(2)13-17(24)25/h3-5,7-8,16H,6,9-13H2,1-2H3,(H,24,25). The zero-order chi connectivity index (χ0) is 19.4. The number of likely N-dealkylation sites (tertiary alicyclic amines) is 1. The number of amides is 1. The summed E-state index contributed by atoms with van der Waals surface area (Å²) in [6, 6.07) is 9.68. The first-order chi connectivity index (χ1) is 13.0. The molecule has 0 radical (unpaired) electrons. The summed E-state index contributed by atoms with van der Waals surface area (Å²) >= 11 is 0. The topological polar surface area (TPSA) is 86.9 Å². The molecule has 7 nitrogen and oxygen atoms in total. The van der Waals surface area contributed by atoms with Crippen molar-refractivity contribution < 1.29 is 19.1 Å². The number of carboxylic acids is 1. The number of aryl methyl sites for hydroxylation is 1. The highest BCUT2D eigenvalue weighted by molar-refractivity contribution is 5.93. The van der Waals surface area contributed by atoms with E-state index in [2.05, 4.69) is 4.98 Å². The smallest absolute Gasteiger partial charge is 0.317 e. The molecule has 1 N–H and O–H groups in total. The molecule has 1 saturated heterocycles. The van der Waals surface area contributed by atoms with Gasteiger partial charge in [-0.05, 0) is 45.4 Å². The van der Waals surface area contributed by atoms with Crippen molar-refractivity contribution in [2.24, 2.45) is 0 Å². The Morgan fingerprint density at radius 2 is 2.00 bits per heavy atom. The lowest BCUT2D eigenvalue weighted by molar-refractivity contribution is -0.138. The van der Waals surface area contributed by atoms with Gasteiger partial charge in [-0.25, -0.2) is 4.98 Å². The zero-order valence-electron chi connectivity index (χ0n) is 15.7. The minimum absolute atomic E-state index is 0.0153. The maximum atomic E-state index is 13.0. The minimum Gasteiger partial charge on any atom is -0.480 e. The summed E-state index contributed by atoms with van der Waals surface area (Å²) in [6.07, 6.45) is 2.46. The quantitative estimate of drug-likeness (QED) is 0.869. The van der Waals surface area contributed by atoms with Crippen LogP contribution in [0.1, 0.15) is 35.5 Å². The van der Waals surface area contributed by atoms with Crippen LogP contribution in [0, 0.1) is 6.92 Å². The first-order valence-electron chi connectivity index (χ1n) is 9.20. The van der Waals surface area contributed by atoms with Crippen LogP contribution >= 0.6 is 0 Å². The Morgan fingerprint density at radius 1 is 1.26 bits per heavy atom. The highest BCUT2D eigenvalue weighted by Gasteiger charge is 2.27. The van der Waals surface area contributed by atoms with E-state index in [0.29, 0.717) is 30.4 Å². The number of carboxylic acid groups (broad SMARTS) is 1. The molecule has 144 valence electrons. The van der Waals surface area contributed by atoms with E-state index in [9.17, 15) is 9.59 Å². The number of hydrogen-bond acceptors (Lipinski definition) is 5. The number of oxazole rings is 1. The Morgan fingerprint density at radius 3 is 2.70 bits per heavy atom. The van der Waals surface area contributed by atoms with Gasteiger partial charge in [-0.15, -0.1) is 0 Å². The number of nitrogens with zero attached hydrogens (tertiary/aromatic N) is 3. The average Bonchev–Trinajstić information content (AvgIpc) is 2.87. The van der Waals surface area contributed by atoms with E-state index in [1.807, 2.05) is 42.3 Å². The fourth-order valence-electron chi connectivity index (χ4n) is 3.51. The number of carbonyl (C=O) groups is 2. The molecule has 1 atom stereocenters. The van der Waals surface area contributed by atoms with Crippen molar-refractivity contribution in [3.8, 4) is 11.5 Å². The lowest BCUT2D eigenvalue weighted by Crippen LogP contribution is -2.37. The predicted octanol–water partition coefficient (Wildman–Crippen LogP) is 2.66. The number of likely N-dealkylation sites (N-methyl/N-ethyl adjacent to an activating group) is 1. The molecule has 1 aliphatic heterocycles. The van der Waals surface area contributed by atoms with Crippen LogP contribution in [0.4, 0.5) is 0 Å². The summed E-state index contributed by atoms with van der Waals surface area (Å²) in [6.45, 7) is 3.00. The molecule has 1 aromatic carbocycles. The van der Waals surface area contributed by atoms with E-state index >= 15 is 0 Å². The van der Waals surface area contributed by atoms with Gasteiger partial charge in [-0.1, -0.05) is 18.2 Å². The molecule has 1 aromatic heterocycles. The minimum atomic E-state index is -0.832. The second-order valence-corrected chi connectivity index (χ2v) is 6.98. The maximum Gasteiger partial charge on any atom is 0.317 e. The van der Waals surface area contributed by atoms with Crippen molar-refractivity contribution in [1.82, 2.24) is 14.8 Å². The van der Waals surface area contributed by atoms with Gasteiger partial charge in [0.2, 0.25) is 5.89 Å². The molecule has 2 aromatic rings. The van der Waals surface area contributed by atoms with Crippen LogP contribution in [0.5, 0.6) is 0 Å². The second kappa shape index (κ2) is 8.35. The molecule has 3 rings (SSSR count). The average molecular weight is 371 g/mol. The van der Waals surface area contributed by atoms with Crippen LogP contribution in [0.2, 0.25) is 0 Å². The van der Waals surface area contributed by atoms with Crippen LogP contribution in [-0.2, 0) is 4.79 Å². The Bertz CT molecular complexity index is 803. The Kier molecular flexibility index (Phi) is 5.91. The normalized spacial score (nSPS) is 17.7. The zero-order valence-corrected chi connectivity index (χ0v) is 15.7. The molecule has 0 bridgehead atoms. The van der Waals surface area contributed by atoms with E-state index in [-0.39, 0.29) is 18.5 Å². The van der Waals surface area contributed by atoms with Gasteiger partial charge in [0, 0.05) is 24.7 Å². The van der Waals surface area contributed by atoms with Crippen molar-refractivity contribution in [2.45, 2.75) is 32.2 Å². The summed E-state index contributed by atoms with van der Waals surface area (Å²) in [7, 11) is 1.82. The van der Waals surface area contributed by atoms with Crippen LogP contribution < -0.4 is 0 Å². The molecule has 1 amide bonds. The number of hydrogen-bond donors (Lipinski definition) is 1. The molecule has 7 heteroatoms. The van der Waals surface area contributed by atoms with Crippen molar-refractivity contribution >= 4 is 11.9 Å². The summed E-state index contributed by atoms with van der Waals surface area (Å²) in [5.74, 6) is 0.00861. The van der Waals surface area contributed by atoms with E-state index in [1.165, 1.54) is 0 Å². The number of rotatable bonds is 5. The summed E-state index contributed by atoms with van der Waals surface area (Å²) in [5, 5.41) is 8.98. The first kappa shape index (κ1) is 19.1. The number of benzene rings is 1. The van der Waals surface area contributed by atoms with E-state index in [1.54, 1.807) is 11.8 Å². The van der Waals surface area contributed by atoms with Gasteiger partial charge < -0.3 is 14.4 Å². The number of aliphatic carboxylic acids is 1. The second-order valence-electron chi connectivity index (χ2n) is 6.98. The molecule has 2 heterocycles.